The van der Waals surface area contributed by atoms with Gasteiger partial charge in [-0.1, -0.05) is 0 Å². The number of aromatic nitrogens is 1. The molecule has 40 heavy (non-hydrogen) atoms. The fourth-order valence-corrected chi connectivity index (χ4v) is 3.15. The summed E-state index contributed by atoms with van der Waals surface area (Å²) in [6.45, 7) is 0. The lowest BCUT2D eigenvalue weighted by molar-refractivity contribution is -0.275. The Morgan fingerprint density at radius 3 is 2.02 bits per heavy atom. The first-order valence-corrected chi connectivity index (χ1v) is 10.3. The molecule has 0 fully saturated rings. The number of hydrogen-bond acceptors (Lipinski definition) is 7. The minimum Gasteiger partial charge on any atom is -0.490 e. The Bertz CT molecular complexity index is 1460. The van der Waals surface area contributed by atoms with Crippen LogP contribution in [0.3, 0.4) is 0 Å². The van der Waals surface area contributed by atoms with E-state index in [1.165, 1.54) is 0 Å². The molecule has 0 radical (unpaired) electrons. The second kappa shape index (κ2) is 11.2. The molecule has 8 nitrogen and oxygen atoms in total. The van der Waals surface area contributed by atoms with Crippen molar-refractivity contribution in [2.75, 3.05) is 19.5 Å². The highest BCUT2D eigenvalue weighted by Crippen LogP contribution is 2.42. The molecule has 214 valence electrons. The van der Waals surface area contributed by atoms with Crippen LogP contribution in [0.4, 0.5) is 45.2 Å². The van der Waals surface area contributed by atoms with Gasteiger partial charge in [0.15, 0.2) is 28.8 Å². The van der Waals surface area contributed by atoms with Crippen molar-refractivity contribution in [2.45, 2.75) is 12.5 Å². The average molecular weight is 584 g/mol. The summed E-state index contributed by atoms with van der Waals surface area (Å²) in [5, 5.41) is 1.77. The summed E-state index contributed by atoms with van der Waals surface area (Å²) < 4.78 is 140. The highest BCUT2D eigenvalue weighted by molar-refractivity contribution is 6.07. The van der Waals surface area contributed by atoms with E-state index in [-0.39, 0.29) is 6.07 Å². The lowest BCUT2D eigenvalue weighted by atomic mass is 10.1. The Hall–Kier alpha value is -4.70. The lowest BCUT2D eigenvalue weighted by Gasteiger charge is -2.18. The van der Waals surface area contributed by atoms with Gasteiger partial charge in [-0.15, -0.1) is 13.2 Å². The van der Waals surface area contributed by atoms with Crippen molar-refractivity contribution in [2.24, 2.45) is 0 Å². The molecular formula is C23H13F9N2O6. The second-order valence-corrected chi connectivity index (χ2v) is 7.32. The van der Waals surface area contributed by atoms with Crippen LogP contribution in [0.15, 0.2) is 36.5 Å². The van der Waals surface area contributed by atoms with Gasteiger partial charge in [0.25, 0.3) is 5.91 Å². The minimum absolute atomic E-state index is 0.161. The normalized spacial score (nSPS) is 11.6. The highest BCUT2D eigenvalue weighted by Gasteiger charge is 2.38. The van der Waals surface area contributed by atoms with Crippen molar-refractivity contribution in [1.29, 1.82) is 0 Å². The van der Waals surface area contributed by atoms with Crippen LogP contribution < -0.4 is 19.5 Å². The summed E-state index contributed by atoms with van der Waals surface area (Å²) in [5.41, 5.74) is -5.20. The predicted octanol–water partition coefficient (Wildman–Crippen LogP) is 6.26. The number of hydrogen-bond donors (Lipinski definition) is 1. The van der Waals surface area contributed by atoms with E-state index in [9.17, 15) is 44.7 Å². The van der Waals surface area contributed by atoms with Crippen molar-refractivity contribution in [3.8, 4) is 23.0 Å². The van der Waals surface area contributed by atoms with Crippen LogP contribution in [0.25, 0.3) is 0 Å². The number of nitrogens with zero attached hydrogens (tertiary/aromatic N) is 1. The molecule has 0 aliphatic carbocycles. The molecule has 1 heterocycles. The third kappa shape index (κ3) is 6.29. The molecule has 1 N–H and O–H groups in total. The topological polar surface area (TPSA) is 96.0 Å². The maximum Gasteiger partial charge on any atom is 0.573 e. The summed E-state index contributed by atoms with van der Waals surface area (Å²) in [4.78, 5) is 28.0. The van der Waals surface area contributed by atoms with Crippen molar-refractivity contribution in [3.05, 3.63) is 70.8 Å². The molecule has 17 heteroatoms. The molecule has 0 unspecified atom stereocenters. The van der Waals surface area contributed by atoms with Crippen LogP contribution in [-0.4, -0.2) is 37.4 Å². The molecule has 2 aromatic carbocycles. The van der Waals surface area contributed by atoms with Gasteiger partial charge in [-0.05, 0) is 30.3 Å². The summed E-state index contributed by atoms with van der Waals surface area (Å²) in [5.74, 6) is -12.7. The average Bonchev–Trinajstić information content (AvgIpc) is 2.85. The number of alkyl halides is 6. The van der Waals surface area contributed by atoms with Gasteiger partial charge >= 0.3 is 18.5 Å². The SMILES string of the molecule is COC(=O)c1nccc(NC(=O)c2c(Oc3ccc(OC(F)(F)F)c(F)c3OC)ccc(C(F)(F)F)c2F)c1F. The van der Waals surface area contributed by atoms with Crippen molar-refractivity contribution < 1.29 is 68.1 Å². The number of carbonyl (C=O) groups excluding carboxylic acids is 2. The summed E-state index contributed by atoms with van der Waals surface area (Å²) in [6.07, 6.45) is -9.83. The molecular weight excluding hydrogens is 571 g/mol. The van der Waals surface area contributed by atoms with Crippen LogP contribution >= 0.6 is 0 Å². The molecule has 0 aliphatic heterocycles. The number of esters is 1. The van der Waals surface area contributed by atoms with E-state index >= 15 is 4.39 Å². The Balaban J connectivity index is 2.12. The largest absolute Gasteiger partial charge is 0.573 e. The van der Waals surface area contributed by atoms with E-state index in [1.807, 2.05) is 0 Å². The molecule has 0 saturated heterocycles. The maximum absolute atomic E-state index is 15.1. The fraction of sp³-hybridized carbons (Fsp3) is 0.174. The third-order valence-corrected chi connectivity index (χ3v) is 4.83. The molecule has 0 saturated carbocycles. The number of ether oxygens (including phenoxy) is 4. The zero-order valence-electron chi connectivity index (χ0n) is 19.8. The maximum atomic E-state index is 15.1. The van der Waals surface area contributed by atoms with Crippen LogP contribution in [-0.2, 0) is 10.9 Å². The first-order valence-electron chi connectivity index (χ1n) is 10.3. The number of methoxy groups -OCH3 is 2. The molecule has 1 amide bonds. The molecule has 3 rings (SSSR count). The van der Waals surface area contributed by atoms with E-state index < -0.39 is 87.4 Å². The molecule has 0 bridgehead atoms. The van der Waals surface area contributed by atoms with Gasteiger partial charge < -0.3 is 24.3 Å². The van der Waals surface area contributed by atoms with Gasteiger partial charge in [0.2, 0.25) is 11.6 Å². The standard InChI is InChI=1S/C23H13F9N2O6/c1-37-19-13(6-5-12(17(19)26)40-23(30,31)32)39-11-4-3-9(22(27,28)29)15(24)14(11)20(35)34-10-7-8-33-18(16(10)25)21(36)38-2/h3-8H,1-2H3,(H,33,34,35). The highest BCUT2D eigenvalue weighted by atomic mass is 19.4. The van der Waals surface area contributed by atoms with Crippen LogP contribution in [0.2, 0.25) is 0 Å². The van der Waals surface area contributed by atoms with Gasteiger partial charge in [-0.3, -0.25) is 4.79 Å². The van der Waals surface area contributed by atoms with Gasteiger partial charge in [0.05, 0.1) is 25.5 Å². The fourth-order valence-electron chi connectivity index (χ4n) is 3.15. The summed E-state index contributed by atoms with van der Waals surface area (Å²) in [7, 11) is 1.67. The van der Waals surface area contributed by atoms with Crippen molar-refractivity contribution in [1.82, 2.24) is 4.98 Å². The number of carbonyl (C=O) groups is 2. The van der Waals surface area contributed by atoms with E-state index in [0.29, 0.717) is 18.2 Å². The van der Waals surface area contributed by atoms with Gasteiger partial charge in [-0.2, -0.15) is 17.6 Å². The Labute approximate surface area is 217 Å². The Kier molecular flexibility index (Phi) is 8.35. The Morgan fingerprint density at radius 1 is 0.825 bits per heavy atom. The quantitative estimate of drug-likeness (QED) is 0.259. The third-order valence-electron chi connectivity index (χ3n) is 4.83. The Morgan fingerprint density at radius 2 is 1.45 bits per heavy atom. The molecule has 1 aromatic heterocycles. The van der Waals surface area contributed by atoms with Crippen molar-refractivity contribution in [3.63, 3.8) is 0 Å². The van der Waals surface area contributed by atoms with Crippen LogP contribution in [0, 0.1) is 17.5 Å². The number of rotatable bonds is 7. The van der Waals surface area contributed by atoms with E-state index in [2.05, 4.69) is 19.2 Å². The van der Waals surface area contributed by atoms with Gasteiger partial charge in [-0.25, -0.2) is 18.6 Å². The first kappa shape index (κ1) is 29.9. The second-order valence-electron chi connectivity index (χ2n) is 7.32. The molecule has 3 aromatic rings. The number of halogens is 9. The number of anilines is 1. The van der Waals surface area contributed by atoms with Crippen molar-refractivity contribution >= 4 is 17.6 Å². The smallest absolute Gasteiger partial charge is 0.490 e. The predicted molar refractivity (Wildman–Crippen MR) is 115 cm³/mol. The number of benzene rings is 2. The van der Waals surface area contributed by atoms with Crippen LogP contribution in [0.1, 0.15) is 26.4 Å². The minimum atomic E-state index is -5.34. The van der Waals surface area contributed by atoms with E-state index in [0.717, 1.165) is 26.5 Å². The van der Waals surface area contributed by atoms with Gasteiger partial charge in [0, 0.05) is 6.20 Å². The zero-order chi connectivity index (χ0) is 30.0. The monoisotopic (exact) mass is 584 g/mol. The lowest BCUT2D eigenvalue weighted by Crippen LogP contribution is -2.20. The van der Waals surface area contributed by atoms with E-state index in [1.54, 1.807) is 5.32 Å². The van der Waals surface area contributed by atoms with Crippen LogP contribution in [0.5, 0.6) is 23.0 Å². The summed E-state index contributed by atoms with van der Waals surface area (Å²) >= 11 is 0. The first-order chi connectivity index (χ1) is 18.6. The zero-order valence-corrected chi connectivity index (χ0v) is 19.8. The van der Waals surface area contributed by atoms with Gasteiger partial charge in [0.1, 0.15) is 11.3 Å². The molecule has 0 aliphatic rings. The number of amides is 1. The number of pyridine rings is 1. The van der Waals surface area contributed by atoms with E-state index in [4.69, 9.17) is 4.74 Å². The molecule has 0 atom stereocenters. The summed E-state index contributed by atoms with van der Waals surface area (Å²) in [6, 6.07) is 2.44. The number of nitrogens with one attached hydrogen (secondary N) is 1. The molecule has 0 spiro atoms.